The number of aliphatic carboxylic acids is 1. The van der Waals surface area contributed by atoms with Gasteiger partial charge in [-0.15, -0.1) is 0 Å². The molecule has 7 heteroatoms. The van der Waals surface area contributed by atoms with Crippen LogP contribution < -0.4 is 0 Å². The Hall–Kier alpha value is -2.15. The Bertz CT molecular complexity index is 1110. The van der Waals surface area contributed by atoms with E-state index in [1.807, 2.05) is 41.5 Å². The molecule has 0 amide bonds. The van der Waals surface area contributed by atoms with Crippen LogP contribution >= 0.6 is 0 Å². The van der Waals surface area contributed by atoms with E-state index in [0.717, 1.165) is 0 Å². The third kappa shape index (κ3) is 3.74. The Morgan fingerprint density at radius 1 is 1.00 bits per heavy atom. The molecule has 204 valence electrons. The summed E-state index contributed by atoms with van der Waals surface area (Å²) in [7, 11) is 0. The van der Waals surface area contributed by atoms with Gasteiger partial charge in [0.25, 0.3) is 0 Å². The molecule has 0 aromatic carbocycles. The molecule has 7 nitrogen and oxygen atoms in total. The molecule has 0 spiro atoms. The van der Waals surface area contributed by atoms with Crippen molar-refractivity contribution in [3.8, 4) is 0 Å². The van der Waals surface area contributed by atoms with Crippen LogP contribution in [0.1, 0.15) is 93.4 Å². The highest BCUT2D eigenvalue weighted by Crippen LogP contribution is 2.70. The second-order valence-corrected chi connectivity index (χ2v) is 13.7. The van der Waals surface area contributed by atoms with Gasteiger partial charge in [0, 0.05) is 48.5 Å². The molecule has 0 saturated heterocycles. The molecule has 2 saturated carbocycles. The molecule has 0 aliphatic heterocycles. The molecule has 4 rings (SSSR count). The molecule has 0 aromatic rings. The van der Waals surface area contributed by atoms with Crippen molar-refractivity contribution in [1.82, 2.24) is 0 Å². The Morgan fingerprint density at radius 3 is 2.22 bits per heavy atom. The minimum absolute atomic E-state index is 0.00884. The normalized spacial score (nSPS) is 40.5. The van der Waals surface area contributed by atoms with Gasteiger partial charge in [-0.25, -0.2) is 0 Å². The van der Waals surface area contributed by atoms with Crippen LogP contribution in [-0.2, 0) is 24.0 Å². The Kier molecular flexibility index (Phi) is 6.54. The van der Waals surface area contributed by atoms with Gasteiger partial charge in [-0.2, -0.15) is 0 Å². The summed E-state index contributed by atoms with van der Waals surface area (Å²) in [4.78, 5) is 64.6. The predicted octanol–water partition coefficient (Wildman–Crippen LogP) is 4.34. The van der Waals surface area contributed by atoms with Gasteiger partial charge < -0.3 is 10.2 Å². The summed E-state index contributed by atoms with van der Waals surface area (Å²) in [5.74, 6) is -2.49. The van der Waals surface area contributed by atoms with Crippen LogP contribution in [0, 0.1) is 45.3 Å². The number of Topliss-reactive ketones (excluding diaryl/α,β-unsaturated/α-hetero) is 4. The first-order chi connectivity index (χ1) is 16.9. The van der Waals surface area contributed by atoms with Crippen LogP contribution in [0.25, 0.3) is 0 Å². The zero-order chi connectivity index (χ0) is 27.9. The summed E-state index contributed by atoms with van der Waals surface area (Å²) in [6.45, 7) is 13.1. The summed E-state index contributed by atoms with van der Waals surface area (Å²) in [6, 6.07) is 0. The van der Waals surface area contributed by atoms with Crippen LogP contribution in [-0.4, -0.2) is 45.4 Å². The van der Waals surface area contributed by atoms with Crippen molar-refractivity contribution in [1.29, 1.82) is 0 Å². The summed E-state index contributed by atoms with van der Waals surface area (Å²) in [6.07, 6.45) is 0.736. The van der Waals surface area contributed by atoms with Crippen molar-refractivity contribution >= 4 is 29.1 Å². The average molecular weight is 515 g/mol. The van der Waals surface area contributed by atoms with E-state index in [9.17, 15) is 34.2 Å². The number of aliphatic hydroxyl groups is 1. The van der Waals surface area contributed by atoms with Crippen LogP contribution in [0.3, 0.4) is 0 Å². The van der Waals surface area contributed by atoms with Gasteiger partial charge in [-0.1, -0.05) is 41.5 Å². The number of hydrogen-bond donors (Lipinski definition) is 2. The quantitative estimate of drug-likeness (QED) is 0.540. The van der Waals surface area contributed by atoms with Crippen molar-refractivity contribution in [3.63, 3.8) is 0 Å². The van der Waals surface area contributed by atoms with Gasteiger partial charge in [0.2, 0.25) is 0 Å². The van der Waals surface area contributed by atoms with Gasteiger partial charge in [0.1, 0.15) is 17.3 Å². The number of allylic oxidation sites excluding steroid dienone is 1. The predicted molar refractivity (Wildman–Crippen MR) is 136 cm³/mol. The second-order valence-electron chi connectivity index (χ2n) is 13.7. The second kappa shape index (κ2) is 8.69. The first-order valence-electron chi connectivity index (χ1n) is 13.7. The van der Waals surface area contributed by atoms with Crippen LogP contribution in [0.2, 0.25) is 0 Å². The lowest BCUT2D eigenvalue weighted by atomic mass is 9.42. The highest BCUT2D eigenvalue weighted by atomic mass is 16.4. The first-order valence-corrected chi connectivity index (χ1v) is 13.7. The number of fused-ring (bicyclic) bond motifs is 4. The Labute approximate surface area is 219 Å². The molecule has 37 heavy (non-hydrogen) atoms. The molecule has 2 N–H and O–H groups in total. The Balaban J connectivity index is 1.75. The first kappa shape index (κ1) is 27.9. The fourth-order valence-electron chi connectivity index (χ4n) is 8.93. The van der Waals surface area contributed by atoms with Gasteiger partial charge in [0.15, 0.2) is 5.78 Å². The van der Waals surface area contributed by atoms with Gasteiger partial charge >= 0.3 is 5.97 Å². The van der Waals surface area contributed by atoms with Crippen molar-refractivity contribution < 1.29 is 34.2 Å². The number of ketones is 4. The minimum Gasteiger partial charge on any atom is -0.481 e. The third-order valence-corrected chi connectivity index (χ3v) is 11.3. The van der Waals surface area contributed by atoms with Gasteiger partial charge in [-0.05, 0) is 48.5 Å². The number of carboxylic acid groups (broad SMARTS) is 1. The lowest BCUT2D eigenvalue weighted by molar-refractivity contribution is -0.147. The molecule has 0 heterocycles. The van der Waals surface area contributed by atoms with E-state index in [4.69, 9.17) is 0 Å². The highest BCUT2D eigenvalue weighted by molar-refractivity contribution is 6.05. The third-order valence-electron chi connectivity index (χ3n) is 11.3. The number of hydrogen-bond acceptors (Lipinski definition) is 6. The highest BCUT2D eigenvalue weighted by Gasteiger charge is 2.70. The lowest BCUT2D eigenvalue weighted by Gasteiger charge is -2.60. The van der Waals surface area contributed by atoms with Gasteiger partial charge in [-0.3, -0.25) is 24.0 Å². The summed E-state index contributed by atoms with van der Waals surface area (Å²) >= 11 is 0. The molecule has 0 bridgehead atoms. The number of carbonyl (C=O) groups excluding carboxylic acids is 4. The van der Waals surface area contributed by atoms with E-state index in [2.05, 4.69) is 0 Å². The maximum absolute atomic E-state index is 14.0. The zero-order valence-electron chi connectivity index (χ0n) is 23.3. The molecule has 0 aromatic heterocycles. The van der Waals surface area contributed by atoms with Crippen molar-refractivity contribution in [2.45, 2.75) is 99.5 Å². The van der Waals surface area contributed by atoms with E-state index in [1.165, 1.54) is 6.92 Å². The summed E-state index contributed by atoms with van der Waals surface area (Å²) in [5, 5.41) is 20.7. The van der Waals surface area contributed by atoms with Crippen molar-refractivity contribution in [2.75, 3.05) is 0 Å². The fourth-order valence-corrected chi connectivity index (χ4v) is 8.93. The van der Waals surface area contributed by atoms with E-state index in [0.29, 0.717) is 30.4 Å². The molecular formula is C30H42O7. The van der Waals surface area contributed by atoms with Crippen LogP contribution in [0.5, 0.6) is 0 Å². The molecule has 8 atom stereocenters. The number of carboxylic acids is 1. The van der Waals surface area contributed by atoms with Crippen molar-refractivity contribution in [3.05, 3.63) is 11.1 Å². The van der Waals surface area contributed by atoms with Crippen LogP contribution in [0.15, 0.2) is 11.1 Å². The maximum atomic E-state index is 14.0. The molecule has 2 fully saturated rings. The van der Waals surface area contributed by atoms with E-state index in [1.54, 1.807) is 0 Å². The fraction of sp³-hybridized carbons (Fsp3) is 0.767. The van der Waals surface area contributed by atoms with E-state index >= 15 is 0 Å². The minimum atomic E-state index is -1.04. The topological polar surface area (TPSA) is 126 Å². The van der Waals surface area contributed by atoms with Gasteiger partial charge in [0.05, 0.1) is 17.4 Å². The zero-order valence-corrected chi connectivity index (χ0v) is 23.3. The number of carbonyl (C=O) groups is 5. The van der Waals surface area contributed by atoms with Crippen molar-refractivity contribution in [2.24, 2.45) is 45.3 Å². The molecule has 4 aliphatic rings. The average Bonchev–Trinajstić information content (AvgIpc) is 2.99. The monoisotopic (exact) mass is 514 g/mol. The number of rotatable bonds is 6. The molecule has 4 aliphatic carbocycles. The maximum Gasteiger partial charge on any atom is 0.306 e. The number of aliphatic hydroxyl groups excluding tert-OH is 1. The lowest BCUT2D eigenvalue weighted by Crippen LogP contribution is -2.60. The Morgan fingerprint density at radius 2 is 1.62 bits per heavy atom. The van der Waals surface area contributed by atoms with E-state index < -0.39 is 39.7 Å². The largest absolute Gasteiger partial charge is 0.481 e. The summed E-state index contributed by atoms with van der Waals surface area (Å²) < 4.78 is 0. The SMILES string of the molecule is CC(CC(=O)CC(C)[C@@H]1CC(=O)[C@@]2(C)C3=C(C(=O)C[C@@]12C)[C@@]1(C)CCC(=O)C(C)(C)[C@H]1CC3O)C(=O)O. The molecule has 3 unspecified atom stereocenters. The molecule has 0 radical (unpaired) electrons. The summed E-state index contributed by atoms with van der Waals surface area (Å²) in [5.41, 5.74) is -1.92. The van der Waals surface area contributed by atoms with E-state index in [-0.39, 0.29) is 66.6 Å². The standard InChI is InChI=1S/C30H42O7/c1-15(10-17(31)11-16(2)26(36)37)18-12-23(35)30(7)25-19(32)13-21-27(3,4)22(34)8-9-28(21,5)24(25)20(33)14-29(18,30)6/h15-16,18-19,21,32H,8-14H2,1-7H3,(H,36,37)/t15?,16?,18-,19?,21+,28-,29-,30-/m0/s1. The van der Waals surface area contributed by atoms with Crippen LogP contribution in [0.4, 0.5) is 0 Å². The smallest absolute Gasteiger partial charge is 0.306 e. The molecular weight excluding hydrogens is 472 g/mol.